The largest absolute Gasteiger partial charge is 0.340 e. The predicted octanol–water partition coefficient (Wildman–Crippen LogP) is 6.42. The highest BCUT2D eigenvalue weighted by molar-refractivity contribution is 7.89. The molecule has 4 aromatic rings. The van der Waals surface area contributed by atoms with Crippen LogP contribution in [0.25, 0.3) is 10.9 Å². The lowest BCUT2D eigenvalue weighted by molar-refractivity contribution is 0.101. The Kier molecular flexibility index (Phi) is 6.77. The molecule has 0 N–H and O–H groups in total. The lowest BCUT2D eigenvalue weighted by Gasteiger charge is -2.31. The van der Waals surface area contributed by atoms with Gasteiger partial charge < -0.3 is 4.57 Å². The first kappa shape index (κ1) is 24.8. The third-order valence-corrected chi connectivity index (χ3v) is 9.42. The summed E-state index contributed by atoms with van der Waals surface area (Å²) in [7, 11) is -3.60. The fourth-order valence-corrected chi connectivity index (χ4v) is 7.07. The molecule has 3 aromatic carbocycles. The Morgan fingerprint density at radius 1 is 0.972 bits per heavy atom. The average molecular weight is 521 g/mol. The van der Waals surface area contributed by atoms with Crippen molar-refractivity contribution in [1.29, 1.82) is 0 Å². The van der Waals surface area contributed by atoms with Gasteiger partial charge in [0, 0.05) is 46.8 Å². The number of hydrogen-bond donors (Lipinski definition) is 0. The molecule has 0 atom stereocenters. The van der Waals surface area contributed by atoms with Crippen LogP contribution in [0.1, 0.15) is 52.9 Å². The Hall–Kier alpha value is -2.93. The van der Waals surface area contributed by atoms with Gasteiger partial charge >= 0.3 is 0 Å². The van der Waals surface area contributed by atoms with E-state index in [1.54, 1.807) is 16.4 Å². The maximum Gasteiger partial charge on any atom is 0.243 e. The van der Waals surface area contributed by atoms with Crippen molar-refractivity contribution in [1.82, 2.24) is 8.87 Å². The fraction of sp³-hybridized carbons (Fsp3) is 0.276. The van der Waals surface area contributed by atoms with Gasteiger partial charge in [-0.2, -0.15) is 4.31 Å². The molecule has 0 bridgehead atoms. The summed E-state index contributed by atoms with van der Waals surface area (Å²) < 4.78 is 30.4. The molecule has 5 nitrogen and oxygen atoms in total. The molecule has 1 saturated heterocycles. The van der Waals surface area contributed by atoms with Crippen LogP contribution >= 0.6 is 11.6 Å². The molecule has 0 radical (unpaired) electrons. The number of halogens is 1. The molecule has 1 fully saturated rings. The number of fused-ring (bicyclic) bond motifs is 1. The number of rotatable bonds is 6. The molecule has 0 aliphatic carbocycles. The van der Waals surface area contributed by atoms with Crippen LogP contribution in [0.15, 0.2) is 77.7 Å². The van der Waals surface area contributed by atoms with Gasteiger partial charge in [0.15, 0.2) is 5.78 Å². The molecule has 1 aromatic heterocycles. The van der Waals surface area contributed by atoms with E-state index < -0.39 is 10.0 Å². The summed E-state index contributed by atoms with van der Waals surface area (Å²) in [6.07, 6.45) is 1.52. The molecule has 186 valence electrons. The van der Waals surface area contributed by atoms with Gasteiger partial charge in [-0.3, -0.25) is 4.79 Å². The molecule has 0 saturated carbocycles. The van der Waals surface area contributed by atoms with Gasteiger partial charge in [0.25, 0.3) is 0 Å². The fourth-order valence-electron chi connectivity index (χ4n) is 5.39. The van der Waals surface area contributed by atoms with Crippen molar-refractivity contribution in [3.8, 4) is 0 Å². The number of Topliss-reactive ketones (excluding diaryl/α,β-unsaturated/α-hetero) is 1. The van der Waals surface area contributed by atoms with Crippen LogP contribution in [-0.4, -0.2) is 36.2 Å². The second-order valence-corrected chi connectivity index (χ2v) is 11.9. The number of hydrogen-bond acceptors (Lipinski definition) is 3. The highest BCUT2D eigenvalue weighted by Gasteiger charge is 2.32. The van der Waals surface area contributed by atoms with Gasteiger partial charge in [-0.15, -0.1) is 0 Å². The van der Waals surface area contributed by atoms with Crippen LogP contribution in [0.4, 0.5) is 0 Å². The first-order valence-electron chi connectivity index (χ1n) is 12.2. The summed E-state index contributed by atoms with van der Waals surface area (Å²) in [5.74, 6) is 0.201. The highest BCUT2D eigenvalue weighted by Crippen LogP contribution is 2.38. The summed E-state index contributed by atoms with van der Waals surface area (Å²) in [4.78, 5) is 11.8. The Morgan fingerprint density at radius 3 is 2.33 bits per heavy atom. The molecule has 0 unspecified atom stereocenters. The van der Waals surface area contributed by atoms with Crippen molar-refractivity contribution in [2.75, 3.05) is 13.1 Å². The third kappa shape index (κ3) is 4.61. The molecule has 0 spiro atoms. The zero-order chi connectivity index (χ0) is 25.4. The first-order valence-corrected chi connectivity index (χ1v) is 14.0. The number of ketones is 1. The van der Waals surface area contributed by atoms with Gasteiger partial charge in [-0.25, -0.2) is 8.42 Å². The minimum Gasteiger partial charge on any atom is -0.340 e. The average Bonchev–Trinajstić information content (AvgIpc) is 3.15. The van der Waals surface area contributed by atoms with Crippen LogP contribution < -0.4 is 0 Å². The quantitative estimate of drug-likeness (QED) is 0.275. The van der Waals surface area contributed by atoms with Crippen LogP contribution in [0, 0.1) is 6.92 Å². The van der Waals surface area contributed by atoms with E-state index in [9.17, 15) is 13.2 Å². The molecule has 1 aliphatic heterocycles. The summed E-state index contributed by atoms with van der Waals surface area (Å²) in [5, 5.41) is 1.96. The summed E-state index contributed by atoms with van der Waals surface area (Å²) in [5.41, 5.74) is 5.38. The number of carbonyl (C=O) groups excluding carboxylic acids is 1. The number of nitrogens with zero attached hydrogens (tertiary/aromatic N) is 2. The predicted molar refractivity (Wildman–Crippen MR) is 144 cm³/mol. The Labute approximate surface area is 217 Å². The third-order valence-electron chi connectivity index (χ3n) is 7.27. The maximum absolute atomic E-state index is 13.3. The molecular formula is C29H29ClN2O3S. The molecular weight excluding hydrogens is 492 g/mol. The molecule has 2 heterocycles. The van der Waals surface area contributed by atoms with Crippen LogP contribution in [0.2, 0.25) is 5.02 Å². The second kappa shape index (κ2) is 9.85. The zero-order valence-corrected chi connectivity index (χ0v) is 22.0. The van der Waals surface area contributed by atoms with E-state index in [0.717, 1.165) is 30.0 Å². The SMILES string of the molecule is CC(=O)c1ccc(S(=O)(=O)N2CCC(c3c(C)n(Cc4cccc(Cl)c4)c4ccccc34)CC2)cc1. The van der Waals surface area contributed by atoms with E-state index in [2.05, 4.69) is 41.8 Å². The number of carbonyl (C=O) groups is 1. The number of aromatic nitrogens is 1. The van der Waals surface area contributed by atoms with Gasteiger partial charge in [0.2, 0.25) is 10.0 Å². The number of para-hydroxylation sites is 1. The van der Waals surface area contributed by atoms with Crippen molar-refractivity contribution in [2.24, 2.45) is 0 Å². The molecule has 5 rings (SSSR count). The van der Waals surface area contributed by atoms with Crippen LogP contribution in [0.3, 0.4) is 0 Å². The monoisotopic (exact) mass is 520 g/mol. The topological polar surface area (TPSA) is 59.4 Å². The Morgan fingerprint density at radius 2 is 1.67 bits per heavy atom. The lowest BCUT2D eigenvalue weighted by Crippen LogP contribution is -2.38. The summed E-state index contributed by atoms with van der Waals surface area (Å²) >= 11 is 6.23. The van der Waals surface area contributed by atoms with E-state index in [1.807, 2.05) is 18.2 Å². The van der Waals surface area contributed by atoms with E-state index in [1.165, 1.54) is 41.2 Å². The molecule has 7 heteroatoms. The van der Waals surface area contributed by atoms with Crippen LogP contribution in [-0.2, 0) is 16.6 Å². The number of sulfonamides is 1. The van der Waals surface area contributed by atoms with E-state index >= 15 is 0 Å². The molecule has 36 heavy (non-hydrogen) atoms. The molecule has 1 aliphatic rings. The molecule has 0 amide bonds. The normalized spacial score (nSPS) is 15.4. The van der Waals surface area contributed by atoms with E-state index in [-0.39, 0.29) is 16.6 Å². The summed E-state index contributed by atoms with van der Waals surface area (Å²) in [6, 6.07) is 22.6. The van der Waals surface area contributed by atoms with E-state index in [0.29, 0.717) is 18.7 Å². The van der Waals surface area contributed by atoms with Crippen molar-refractivity contribution >= 4 is 38.3 Å². The Balaban J connectivity index is 1.40. The highest BCUT2D eigenvalue weighted by atomic mass is 35.5. The van der Waals surface area contributed by atoms with Gasteiger partial charge in [-0.1, -0.05) is 54.1 Å². The maximum atomic E-state index is 13.3. The van der Waals surface area contributed by atoms with Gasteiger partial charge in [0.05, 0.1) is 4.90 Å². The van der Waals surface area contributed by atoms with Crippen LogP contribution in [0.5, 0.6) is 0 Å². The minimum absolute atomic E-state index is 0.0790. The van der Waals surface area contributed by atoms with Gasteiger partial charge in [0.1, 0.15) is 0 Å². The van der Waals surface area contributed by atoms with Crippen molar-refractivity contribution < 1.29 is 13.2 Å². The standard InChI is InChI=1S/C29H29ClN2O3S/c1-20-29(27-8-3-4-9-28(27)32(20)19-22-6-5-7-25(30)18-22)24-14-16-31(17-15-24)36(34,35)26-12-10-23(11-13-26)21(2)33/h3-13,18,24H,14-17,19H2,1-2H3. The van der Waals surface area contributed by atoms with Crippen molar-refractivity contribution in [3.05, 3.63) is 100 Å². The zero-order valence-electron chi connectivity index (χ0n) is 20.4. The first-order chi connectivity index (χ1) is 17.3. The van der Waals surface area contributed by atoms with Crippen molar-refractivity contribution in [3.63, 3.8) is 0 Å². The second-order valence-electron chi connectivity index (χ2n) is 9.49. The van der Waals surface area contributed by atoms with E-state index in [4.69, 9.17) is 11.6 Å². The summed E-state index contributed by atoms with van der Waals surface area (Å²) in [6.45, 7) is 5.31. The smallest absolute Gasteiger partial charge is 0.243 e. The minimum atomic E-state index is -3.60. The number of piperidine rings is 1. The Bertz CT molecular complexity index is 1530. The lowest BCUT2D eigenvalue weighted by atomic mass is 9.88. The van der Waals surface area contributed by atoms with Crippen molar-refractivity contribution in [2.45, 2.75) is 44.0 Å². The number of benzene rings is 3. The van der Waals surface area contributed by atoms with Gasteiger partial charge in [-0.05, 0) is 74.1 Å².